The number of benzene rings is 1. The van der Waals surface area contributed by atoms with Crippen LogP contribution in [0.15, 0.2) is 24.3 Å². The molecule has 0 radical (unpaired) electrons. The van der Waals surface area contributed by atoms with Crippen molar-refractivity contribution in [2.45, 2.75) is 38.6 Å². The molecule has 106 valence electrons. The van der Waals surface area contributed by atoms with Gasteiger partial charge in [-0.15, -0.1) is 0 Å². The minimum atomic E-state index is 0.0493. The van der Waals surface area contributed by atoms with Gasteiger partial charge in [0.25, 0.3) is 0 Å². The number of methoxy groups -OCH3 is 1. The number of aliphatic hydroxyl groups is 1. The smallest absolute Gasteiger partial charge is 0.220 e. The fourth-order valence-electron chi connectivity index (χ4n) is 1.90. The van der Waals surface area contributed by atoms with Crippen LogP contribution in [0.25, 0.3) is 0 Å². The zero-order chi connectivity index (χ0) is 14.1. The molecule has 0 heterocycles. The van der Waals surface area contributed by atoms with Gasteiger partial charge in [0, 0.05) is 19.1 Å². The lowest BCUT2D eigenvalue weighted by Crippen LogP contribution is -2.32. The Morgan fingerprint density at radius 1 is 1.47 bits per heavy atom. The van der Waals surface area contributed by atoms with E-state index < -0.39 is 0 Å². The topological polar surface area (TPSA) is 58.6 Å². The Balaban J connectivity index is 2.33. The van der Waals surface area contributed by atoms with Gasteiger partial charge in [-0.05, 0) is 43.9 Å². The highest BCUT2D eigenvalue weighted by Crippen LogP contribution is 2.13. The summed E-state index contributed by atoms with van der Waals surface area (Å²) in [4.78, 5) is 11.7. The fourth-order valence-corrected chi connectivity index (χ4v) is 1.90. The predicted octanol–water partition coefficient (Wildman–Crippen LogP) is 1.90. The van der Waals surface area contributed by atoms with E-state index in [0.717, 1.165) is 24.2 Å². The first-order chi connectivity index (χ1) is 9.15. The van der Waals surface area contributed by atoms with Gasteiger partial charge in [-0.3, -0.25) is 4.79 Å². The first-order valence-corrected chi connectivity index (χ1v) is 6.69. The number of ether oxygens (including phenoxy) is 1. The Labute approximate surface area is 114 Å². The first kappa shape index (κ1) is 15.5. The number of carbonyl (C=O) groups excluding carboxylic acids is 1. The van der Waals surface area contributed by atoms with Crippen molar-refractivity contribution in [3.8, 4) is 5.75 Å². The molecule has 4 nitrogen and oxygen atoms in total. The third-order valence-electron chi connectivity index (χ3n) is 2.98. The van der Waals surface area contributed by atoms with Crippen molar-refractivity contribution in [1.29, 1.82) is 0 Å². The van der Waals surface area contributed by atoms with Crippen LogP contribution in [0.1, 0.15) is 31.7 Å². The van der Waals surface area contributed by atoms with Crippen LogP contribution in [-0.2, 0) is 11.2 Å². The number of hydrogen-bond acceptors (Lipinski definition) is 3. The number of carbonyl (C=O) groups is 1. The summed E-state index contributed by atoms with van der Waals surface area (Å²) in [7, 11) is 1.63. The molecule has 2 N–H and O–H groups in total. The highest BCUT2D eigenvalue weighted by Gasteiger charge is 2.07. The molecule has 1 unspecified atom stereocenters. The first-order valence-electron chi connectivity index (χ1n) is 6.69. The monoisotopic (exact) mass is 265 g/mol. The molecule has 1 amide bonds. The third-order valence-corrected chi connectivity index (χ3v) is 2.98. The molecular weight excluding hydrogens is 242 g/mol. The van der Waals surface area contributed by atoms with Crippen molar-refractivity contribution < 1.29 is 14.6 Å². The van der Waals surface area contributed by atoms with Crippen molar-refractivity contribution >= 4 is 5.91 Å². The number of aliphatic hydroxyl groups excluding tert-OH is 1. The number of hydrogen-bond donors (Lipinski definition) is 2. The minimum absolute atomic E-state index is 0.0493. The van der Waals surface area contributed by atoms with Crippen LogP contribution >= 0.6 is 0 Å². The van der Waals surface area contributed by atoms with Gasteiger partial charge in [0.05, 0.1) is 7.11 Å². The van der Waals surface area contributed by atoms with E-state index >= 15 is 0 Å². The van der Waals surface area contributed by atoms with E-state index in [1.807, 2.05) is 31.2 Å². The van der Waals surface area contributed by atoms with E-state index in [0.29, 0.717) is 12.8 Å². The standard InChI is InChI=1S/C15H23NO3/c1-12(5-4-10-17)16-15(18)9-8-13-6-3-7-14(11-13)19-2/h3,6-7,11-12,17H,4-5,8-10H2,1-2H3,(H,16,18). The fraction of sp³-hybridized carbons (Fsp3) is 0.533. The van der Waals surface area contributed by atoms with Crippen LogP contribution in [0.3, 0.4) is 0 Å². The molecule has 1 aromatic carbocycles. The molecule has 1 aromatic rings. The summed E-state index contributed by atoms with van der Waals surface area (Å²) in [6.07, 6.45) is 2.70. The second-order valence-corrected chi connectivity index (χ2v) is 4.69. The summed E-state index contributed by atoms with van der Waals surface area (Å²) in [6.45, 7) is 2.13. The van der Waals surface area contributed by atoms with E-state index in [1.165, 1.54) is 0 Å². The minimum Gasteiger partial charge on any atom is -0.497 e. The maximum absolute atomic E-state index is 11.7. The van der Waals surface area contributed by atoms with Crippen LogP contribution in [0.5, 0.6) is 5.75 Å². The second kappa shape index (κ2) is 8.53. The predicted molar refractivity (Wildman–Crippen MR) is 75.2 cm³/mol. The number of rotatable bonds is 8. The van der Waals surface area contributed by atoms with Crippen LogP contribution in [0, 0.1) is 0 Å². The highest BCUT2D eigenvalue weighted by molar-refractivity contribution is 5.76. The van der Waals surface area contributed by atoms with Gasteiger partial charge in [0.2, 0.25) is 5.91 Å². The molecule has 0 aliphatic carbocycles. The molecular formula is C15H23NO3. The molecule has 0 saturated carbocycles. The lowest BCUT2D eigenvalue weighted by atomic mass is 10.1. The summed E-state index contributed by atoms with van der Waals surface area (Å²) in [5.41, 5.74) is 1.09. The maximum Gasteiger partial charge on any atom is 0.220 e. The van der Waals surface area contributed by atoms with Crippen molar-refractivity contribution in [3.05, 3.63) is 29.8 Å². The lowest BCUT2D eigenvalue weighted by Gasteiger charge is -2.13. The summed E-state index contributed by atoms with van der Waals surface area (Å²) in [6, 6.07) is 7.87. The number of nitrogens with one attached hydrogen (secondary N) is 1. The van der Waals surface area contributed by atoms with Crippen molar-refractivity contribution in [1.82, 2.24) is 5.32 Å². The summed E-state index contributed by atoms with van der Waals surface area (Å²) in [5.74, 6) is 0.863. The second-order valence-electron chi connectivity index (χ2n) is 4.69. The van der Waals surface area contributed by atoms with Gasteiger partial charge in [0.15, 0.2) is 0 Å². The van der Waals surface area contributed by atoms with E-state index in [1.54, 1.807) is 7.11 Å². The Kier molecular flexibility index (Phi) is 6.97. The van der Waals surface area contributed by atoms with Gasteiger partial charge in [0.1, 0.15) is 5.75 Å². The van der Waals surface area contributed by atoms with Crippen LogP contribution in [0.2, 0.25) is 0 Å². The van der Waals surface area contributed by atoms with Gasteiger partial charge < -0.3 is 15.2 Å². The SMILES string of the molecule is COc1cccc(CCC(=O)NC(C)CCCO)c1. The Bertz CT molecular complexity index is 393. The Hall–Kier alpha value is -1.55. The highest BCUT2D eigenvalue weighted by atomic mass is 16.5. The summed E-state index contributed by atoms with van der Waals surface area (Å²) in [5, 5.41) is 11.7. The quantitative estimate of drug-likeness (QED) is 0.755. The molecule has 0 aromatic heterocycles. The molecule has 1 rings (SSSR count). The van der Waals surface area contributed by atoms with Gasteiger partial charge in [-0.1, -0.05) is 12.1 Å². The summed E-state index contributed by atoms with van der Waals surface area (Å²) >= 11 is 0. The normalized spacial score (nSPS) is 11.9. The molecule has 4 heteroatoms. The molecule has 0 spiro atoms. The Morgan fingerprint density at radius 3 is 2.95 bits per heavy atom. The van der Waals surface area contributed by atoms with E-state index in [-0.39, 0.29) is 18.6 Å². The molecule has 0 aliphatic heterocycles. The maximum atomic E-state index is 11.7. The third kappa shape index (κ3) is 6.25. The van der Waals surface area contributed by atoms with Crippen LogP contribution in [-0.4, -0.2) is 30.8 Å². The lowest BCUT2D eigenvalue weighted by molar-refractivity contribution is -0.121. The average Bonchev–Trinajstić information content (AvgIpc) is 2.43. The molecule has 0 saturated heterocycles. The number of amides is 1. The molecule has 0 fully saturated rings. The van der Waals surface area contributed by atoms with Gasteiger partial charge in [-0.25, -0.2) is 0 Å². The molecule has 19 heavy (non-hydrogen) atoms. The number of aryl methyl sites for hydroxylation is 1. The van der Waals surface area contributed by atoms with Crippen LogP contribution in [0.4, 0.5) is 0 Å². The van der Waals surface area contributed by atoms with E-state index in [9.17, 15) is 4.79 Å². The average molecular weight is 265 g/mol. The molecule has 0 aliphatic rings. The molecule has 1 atom stereocenters. The van der Waals surface area contributed by atoms with Crippen molar-refractivity contribution in [3.63, 3.8) is 0 Å². The zero-order valence-electron chi connectivity index (χ0n) is 11.7. The zero-order valence-corrected chi connectivity index (χ0v) is 11.7. The largest absolute Gasteiger partial charge is 0.497 e. The van der Waals surface area contributed by atoms with Gasteiger partial charge >= 0.3 is 0 Å². The van der Waals surface area contributed by atoms with E-state index in [2.05, 4.69) is 5.32 Å². The summed E-state index contributed by atoms with van der Waals surface area (Å²) < 4.78 is 5.15. The van der Waals surface area contributed by atoms with E-state index in [4.69, 9.17) is 9.84 Å². The van der Waals surface area contributed by atoms with Crippen molar-refractivity contribution in [2.24, 2.45) is 0 Å². The molecule has 0 bridgehead atoms. The van der Waals surface area contributed by atoms with Crippen LogP contribution < -0.4 is 10.1 Å². The van der Waals surface area contributed by atoms with Gasteiger partial charge in [-0.2, -0.15) is 0 Å². The Morgan fingerprint density at radius 2 is 2.26 bits per heavy atom. The van der Waals surface area contributed by atoms with Crippen molar-refractivity contribution in [2.75, 3.05) is 13.7 Å².